The number of amides is 2. The highest BCUT2D eigenvalue weighted by Crippen LogP contribution is 2.30. The van der Waals surface area contributed by atoms with Gasteiger partial charge < -0.3 is 19.7 Å². The first-order valence-corrected chi connectivity index (χ1v) is 13.4. The molecule has 4 rings (SSSR count). The number of hydrogen-bond acceptors (Lipinski definition) is 7. The van der Waals surface area contributed by atoms with E-state index in [0.717, 1.165) is 0 Å². The van der Waals surface area contributed by atoms with E-state index in [-0.39, 0.29) is 31.3 Å². The van der Waals surface area contributed by atoms with E-state index in [1.54, 1.807) is 56.3 Å². The summed E-state index contributed by atoms with van der Waals surface area (Å²) in [5, 5.41) is 2.82. The Morgan fingerprint density at radius 3 is 2.00 bits per heavy atom. The minimum Gasteiger partial charge on any atom is -0.462 e. The van der Waals surface area contributed by atoms with E-state index in [4.69, 9.17) is 21.7 Å². The topological polar surface area (TPSA) is 105 Å². The number of rotatable bonds is 10. The Kier molecular flexibility index (Phi) is 9.41. The number of carbonyl (C=O) groups excluding carboxylic acids is 4. The molecule has 212 valence electrons. The summed E-state index contributed by atoms with van der Waals surface area (Å²) in [6, 6.07) is 17.4. The van der Waals surface area contributed by atoms with Crippen molar-refractivity contribution in [2.45, 2.75) is 32.9 Å². The van der Waals surface area contributed by atoms with E-state index in [0.29, 0.717) is 28.1 Å². The van der Waals surface area contributed by atoms with Gasteiger partial charge in [-0.15, -0.1) is 0 Å². The first kappa shape index (κ1) is 29.3. The lowest BCUT2D eigenvalue weighted by molar-refractivity contribution is -0.124. The SMILES string of the molecule is CCOC(=O)c1ccc(NC(=O)C[C@H]2C(=O)N(c3ccc(C(=O)OCC)cc3)C(=S)N2Cc2ccccc2F)cc1. The molecule has 3 aromatic rings. The lowest BCUT2D eigenvalue weighted by Gasteiger charge is -2.24. The van der Waals surface area contributed by atoms with Crippen LogP contribution in [0.3, 0.4) is 0 Å². The molecule has 11 heteroatoms. The standard InChI is InChI=1S/C30H28FN3O6S/c1-3-39-28(37)19-9-13-22(14-10-19)32-26(35)17-25-27(36)34(23-15-11-20(12-16-23)29(38)40-4-2)30(41)33(25)18-21-7-5-6-8-24(21)31/h5-16,25H,3-4,17-18H2,1-2H3,(H,32,35)/t25-/m0/s1. The summed E-state index contributed by atoms with van der Waals surface area (Å²) in [6.45, 7) is 3.83. The van der Waals surface area contributed by atoms with Gasteiger partial charge in [0.15, 0.2) is 5.11 Å². The van der Waals surface area contributed by atoms with Gasteiger partial charge in [0.1, 0.15) is 11.9 Å². The van der Waals surface area contributed by atoms with Crippen LogP contribution in [-0.4, -0.2) is 53.0 Å². The second kappa shape index (κ2) is 13.1. The fourth-order valence-corrected chi connectivity index (χ4v) is 4.70. The highest BCUT2D eigenvalue weighted by molar-refractivity contribution is 7.80. The maximum Gasteiger partial charge on any atom is 0.338 e. The first-order valence-electron chi connectivity index (χ1n) is 13.0. The normalized spacial score (nSPS) is 14.7. The third-order valence-corrected chi connectivity index (χ3v) is 6.73. The van der Waals surface area contributed by atoms with Gasteiger partial charge in [-0.2, -0.15) is 0 Å². The average molecular weight is 578 g/mol. The monoisotopic (exact) mass is 577 g/mol. The molecule has 9 nitrogen and oxygen atoms in total. The molecular formula is C30H28FN3O6S. The first-order chi connectivity index (χ1) is 19.7. The van der Waals surface area contributed by atoms with Crippen LogP contribution in [0.1, 0.15) is 46.5 Å². The van der Waals surface area contributed by atoms with Crippen LogP contribution in [0.15, 0.2) is 72.8 Å². The summed E-state index contributed by atoms with van der Waals surface area (Å²) in [5.41, 5.74) is 1.76. The van der Waals surface area contributed by atoms with Gasteiger partial charge in [0.25, 0.3) is 5.91 Å². The predicted molar refractivity (Wildman–Crippen MR) is 154 cm³/mol. The van der Waals surface area contributed by atoms with Crippen molar-refractivity contribution >= 4 is 52.5 Å². The van der Waals surface area contributed by atoms with Crippen LogP contribution in [0, 0.1) is 5.82 Å². The maximum atomic E-state index is 14.6. The van der Waals surface area contributed by atoms with Crippen molar-refractivity contribution in [1.82, 2.24) is 4.90 Å². The molecule has 1 heterocycles. The van der Waals surface area contributed by atoms with Gasteiger partial charge in [-0.3, -0.25) is 14.5 Å². The number of hydrogen-bond donors (Lipinski definition) is 1. The maximum absolute atomic E-state index is 14.6. The number of halogens is 1. The summed E-state index contributed by atoms with van der Waals surface area (Å²) >= 11 is 5.65. The minimum absolute atomic E-state index is 0.0408. The highest BCUT2D eigenvalue weighted by Gasteiger charge is 2.44. The van der Waals surface area contributed by atoms with Crippen LogP contribution < -0.4 is 10.2 Å². The quantitative estimate of drug-likeness (QED) is 0.273. The Labute approximate surface area is 241 Å². The van der Waals surface area contributed by atoms with Gasteiger partial charge in [0.2, 0.25) is 5.91 Å². The van der Waals surface area contributed by atoms with Crippen molar-refractivity contribution in [3.63, 3.8) is 0 Å². The second-order valence-electron chi connectivity index (χ2n) is 9.01. The molecule has 2 amide bonds. The zero-order chi connectivity index (χ0) is 29.5. The largest absolute Gasteiger partial charge is 0.462 e. The summed E-state index contributed by atoms with van der Waals surface area (Å²) in [6.07, 6.45) is -0.273. The van der Waals surface area contributed by atoms with Crippen LogP contribution in [0.5, 0.6) is 0 Å². The summed E-state index contributed by atoms with van der Waals surface area (Å²) in [7, 11) is 0. The summed E-state index contributed by atoms with van der Waals surface area (Å²) in [5.74, 6) is -2.39. The molecule has 1 aliphatic rings. The minimum atomic E-state index is -1.02. The third kappa shape index (κ3) is 6.75. The molecule has 0 radical (unpaired) electrons. The summed E-state index contributed by atoms with van der Waals surface area (Å²) < 4.78 is 24.5. The fraction of sp³-hybridized carbons (Fsp3) is 0.233. The van der Waals surface area contributed by atoms with Crippen LogP contribution in [0.2, 0.25) is 0 Å². The van der Waals surface area contributed by atoms with Crippen molar-refractivity contribution in [1.29, 1.82) is 0 Å². The Balaban J connectivity index is 1.56. The van der Waals surface area contributed by atoms with E-state index in [1.165, 1.54) is 40.1 Å². The molecule has 0 saturated carbocycles. The lowest BCUT2D eigenvalue weighted by Crippen LogP contribution is -2.37. The van der Waals surface area contributed by atoms with Crippen LogP contribution in [0.25, 0.3) is 0 Å². The molecule has 1 aliphatic heterocycles. The van der Waals surface area contributed by atoms with Crippen LogP contribution in [-0.2, 0) is 25.6 Å². The van der Waals surface area contributed by atoms with Crippen molar-refractivity contribution in [3.8, 4) is 0 Å². The Bertz CT molecular complexity index is 1460. The summed E-state index contributed by atoms with van der Waals surface area (Å²) in [4.78, 5) is 53.5. The Hall–Kier alpha value is -4.64. The average Bonchev–Trinajstić information content (AvgIpc) is 3.18. The molecule has 0 aliphatic carbocycles. The van der Waals surface area contributed by atoms with Gasteiger partial charge in [-0.25, -0.2) is 14.0 Å². The van der Waals surface area contributed by atoms with Gasteiger partial charge in [0.05, 0.1) is 36.4 Å². The van der Waals surface area contributed by atoms with Crippen LogP contribution in [0.4, 0.5) is 15.8 Å². The van der Waals surface area contributed by atoms with Gasteiger partial charge in [-0.1, -0.05) is 18.2 Å². The molecule has 0 spiro atoms. The number of nitrogens with one attached hydrogen (secondary N) is 1. The lowest BCUT2D eigenvalue weighted by atomic mass is 10.1. The molecule has 0 unspecified atom stereocenters. The molecular weight excluding hydrogens is 549 g/mol. The highest BCUT2D eigenvalue weighted by atomic mass is 32.1. The molecule has 1 fully saturated rings. The van der Waals surface area contributed by atoms with E-state index < -0.39 is 35.6 Å². The molecule has 0 aromatic heterocycles. The zero-order valence-electron chi connectivity index (χ0n) is 22.5. The molecule has 3 aromatic carbocycles. The van der Waals surface area contributed by atoms with Crippen molar-refractivity contribution in [2.24, 2.45) is 0 Å². The molecule has 1 N–H and O–H groups in total. The molecule has 1 saturated heterocycles. The molecule has 0 bridgehead atoms. The van der Waals surface area contributed by atoms with Gasteiger partial charge >= 0.3 is 11.9 Å². The molecule has 41 heavy (non-hydrogen) atoms. The van der Waals surface area contributed by atoms with E-state index in [2.05, 4.69) is 5.32 Å². The van der Waals surface area contributed by atoms with E-state index in [9.17, 15) is 23.6 Å². The van der Waals surface area contributed by atoms with E-state index in [1.807, 2.05) is 0 Å². The Morgan fingerprint density at radius 2 is 1.44 bits per heavy atom. The van der Waals surface area contributed by atoms with E-state index >= 15 is 0 Å². The number of carbonyl (C=O) groups is 4. The zero-order valence-corrected chi connectivity index (χ0v) is 23.3. The Morgan fingerprint density at radius 1 is 0.878 bits per heavy atom. The number of nitrogens with zero attached hydrogens (tertiary/aromatic N) is 2. The third-order valence-electron chi connectivity index (χ3n) is 6.31. The fourth-order valence-electron chi connectivity index (χ4n) is 4.31. The predicted octanol–water partition coefficient (Wildman–Crippen LogP) is 4.71. The molecule has 1 atom stereocenters. The number of anilines is 2. The number of thiocarbonyl (C=S) groups is 1. The number of ether oxygens (including phenoxy) is 2. The second-order valence-corrected chi connectivity index (χ2v) is 9.37. The van der Waals surface area contributed by atoms with Crippen molar-refractivity contribution in [2.75, 3.05) is 23.4 Å². The van der Waals surface area contributed by atoms with Crippen molar-refractivity contribution < 1.29 is 33.0 Å². The van der Waals surface area contributed by atoms with Crippen molar-refractivity contribution in [3.05, 3.63) is 95.3 Å². The smallest absolute Gasteiger partial charge is 0.338 e. The number of benzene rings is 3. The van der Waals surface area contributed by atoms with Gasteiger partial charge in [-0.05, 0) is 80.7 Å². The van der Waals surface area contributed by atoms with Gasteiger partial charge in [0, 0.05) is 17.8 Å². The number of esters is 2. The van der Waals surface area contributed by atoms with Crippen LogP contribution >= 0.6 is 12.2 Å².